The van der Waals surface area contributed by atoms with E-state index >= 15 is 0 Å². The van der Waals surface area contributed by atoms with Crippen LogP contribution in [0.15, 0.2) is 22.7 Å². The average molecular weight is 227 g/mol. The molecule has 0 saturated carbocycles. The second-order valence-electron chi connectivity index (χ2n) is 2.48. The number of rotatable bonds is 4. The molecule has 1 rings (SSSR count). The minimum absolute atomic E-state index is 0.121. The second-order valence-corrected chi connectivity index (χ2v) is 3.42. The largest absolute Gasteiger partial charge is 0.461 e. The van der Waals surface area contributed by atoms with Crippen molar-refractivity contribution in [3.05, 3.63) is 22.4 Å². The molecule has 0 amide bonds. The summed E-state index contributed by atoms with van der Waals surface area (Å²) in [5, 5.41) is 12.9. The lowest BCUT2D eigenvalue weighted by atomic mass is 10.2. The van der Waals surface area contributed by atoms with E-state index in [9.17, 15) is 9.59 Å². The SMILES string of the molecule is CCOC(=O)/C(=N\O)C(=O)c1cccs1. The summed E-state index contributed by atoms with van der Waals surface area (Å²) in [6.07, 6.45) is 0. The van der Waals surface area contributed by atoms with E-state index in [0.717, 1.165) is 11.3 Å². The third-order valence-electron chi connectivity index (χ3n) is 1.53. The van der Waals surface area contributed by atoms with Crippen molar-refractivity contribution in [3.8, 4) is 0 Å². The van der Waals surface area contributed by atoms with Crippen LogP contribution < -0.4 is 0 Å². The van der Waals surface area contributed by atoms with E-state index in [1.165, 1.54) is 6.07 Å². The molecule has 80 valence electrons. The van der Waals surface area contributed by atoms with Gasteiger partial charge in [-0.3, -0.25) is 4.79 Å². The first kappa shape index (κ1) is 11.4. The predicted octanol–water partition coefficient (Wildman–Crippen LogP) is 1.32. The fraction of sp³-hybridized carbons (Fsp3) is 0.222. The van der Waals surface area contributed by atoms with Gasteiger partial charge in [0.15, 0.2) is 0 Å². The average Bonchev–Trinajstić information content (AvgIpc) is 2.71. The Kier molecular flexibility index (Phi) is 3.99. The van der Waals surface area contributed by atoms with Crippen molar-refractivity contribution >= 4 is 28.8 Å². The first-order valence-electron chi connectivity index (χ1n) is 4.18. The molecule has 1 aromatic heterocycles. The van der Waals surface area contributed by atoms with Crippen molar-refractivity contribution < 1.29 is 19.5 Å². The maximum atomic E-state index is 11.6. The summed E-state index contributed by atoms with van der Waals surface area (Å²) in [7, 11) is 0. The van der Waals surface area contributed by atoms with Crippen molar-refractivity contribution in [1.82, 2.24) is 0 Å². The zero-order valence-corrected chi connectivity index (χ0v) is 8.78. The lowest BCUT2D eigenvalue weighted by Gasteiger charge is -2.01. The number of carbonyl (C=O) groups excluding carboxylic acids is 2. The molecular weight excluding hydrogens is 218 g/mol. The molecule has 0 aliphatic heterocycles. The molecule has 0 aliphatic rings. The van der Waals surface area contributed by atoms with Crippen LogP contribution in [0.1, 0.15) is 16.6 Å². The van der Waals surface area contributed by atoms with Gasteiger partial charge in [-0.2, -0.15) is 0 Å². The molecule has 1 aromatic rings. The van der Waals surface area contributed by atoms with Crippen molar-refractivity contribution in [2.24, 2.45) is 5.16 Å². The highest BCUT2D eigenvalue weighted by atomic mass is 32.1. The van der Waals surface area contributed by atoms with E-state index in [4.69, 9.17) is 5.21 Å². The fourth-order valence-electron chi connectivity index (χ4n) is 0.903. The minimum Gasteiger partial charge on any atom is -0.461 e. The van der Waals surface area contributed by atoms with Gasteiger partial charge in [0.05, 0.1) is 11.5 Å². The van der Waals surface area contributed by atoms with Crippen LogP contribution in [-0.2, 0) is 9.53 Å². The van der Waals surface area contributed by atoms with E-state index in [1.54, 1.807) is 18.4 Å². The second kappa shape index (κ2) is 5.26. The summed E-state index contributed by atoms with van der Waals surface area (Å²) in [4.78, 5) is 23.1. The highest BCUT2D eigenvalue weighted by Gasteiger charge is 2.24. The van der Waals surface area contributed by atoms with Crippen molar-refractivity contribution in [2.45, 2.75) is 6.92 Å². The summed E-state index contributed by atoms with van der Waals surface area (Å²) in [5.74, 6) is -1.55. The van der Waals surface area contributed by atoms with E-state index < -0.39 is 17.5 Å². The summed E-state index contributed by atoms with van der Waals surface area (Å²) in [6, 6.07) is 3.20. The van der Waals surface area contributed by atoms with Crippen LogP contribution in [0, 0.1) is 0 Å². The molecule has 0 aromatic carbocycles. The van der Waals surface area contributed by atoms with Crippen LogP contribution >= 0.6 is 11.3 Å². The third-order valence-corrected chi connectivity index (χ3v) is 2.40. The van der Waals surface area contributed by atoms with Gasteiger partial charge in [-0.1, -0.05) is 11.2 Å². The Bertz CT molecular complexity index is 383. The Balaban J connectivity index is 2.86. The van der Waals surface area contributed by atoms with Gasteiger partial charge < -0.3 is 9.94 Å². The Labute approximate surface area is 90.0 Å². The van der Waals surface area contributed by atoms with Crippen LogP contribution in [0.5, 0.6) is 0 Å². The summed E-state index contributed by atoms with van der Waals surface area (Å²) < 4.78 is 4.57. The number of carbonyl (C=O) groups is 2. The topological polar surface area (TPSA) is 76.0 Å². The number of thiophene rings is 1. The van der Waals surface area contributed by atoms with Gasteiger partial charge in [0.2, 0.25) is 11.5 Å². The number of oxime groups is 1. The van der Waals surface area contributed by atoms with Crippen LogP contribution in [0.2, 0.25) is 0 Å². The maximum absolute atomic E-state index is 11.6. The molecule has 0 spiro atoms. The number of hydrogen-bond donors (Lipinski definition) is 1. The Morgan fingerprint density at radius 3 is 2.80 bits per heavy atom. The number of ketones is 1. The monoisotopic (exact) mass is 227 g/mol. The van der Waals surface area contributed by atoms with Gasteiger partial charge in [0.1, 0.15) is 0 Å². The summed E-state index contributed by atoms with van der Waals surface area (Å²) in [6.45, 7) is 1.72. The van der Waals surface area contributed by atoms with E-state index in [2.05, 4.69) is 9.89 Å². The summed E-state index contributed by atoms with van der Waals surface area (Å²) in [5.41, 5.74) is -0.598. The standard InChI is InChI=1S/C9H9NO4S/c1-2-14-9(12)7(10-13)8(11)6-4-3-5-15-6/h3-5,13H,2H2,1H3/b10-7-. The third kappa shape index (κ3) is 2.63. The Morgan fingerprint density at radius 1 is 1.60 bits per heavy atom. The highest BCUT2D eigenvalue weighted by molar-refractivity contribution is 7.13. The van der Waals surface area contributed by atoms with E-state index in [0.29, 0.717) is 4.88 Å². The zero-order valence-electron chi connectivity index (χ0n) is 7.97. The number of nitrogens with zero attached hydrogens (tertiary/aromatic N) is 1. The van der Waals surface area contributed by atoms with Gasteiger partial charge in [-0.05, 0) is 18.4 Å². The first-order chi connectivity index (χ1) is 7.20. The molecule has 15 heavy (non-hydrogen) atoms. The molecule has 0 aliphatic carbocycles. The van der Waals surface area contributed by atoms with Crippen molar-refractivity contribution in [3.63, 3.8) is 0 Å². The van der Waals surface area contributed by atoms with Gasteiger partial charge >= 0.3 is 5.97 Å². The lowest BCUT2D eigenvalue weighted by molar-refractivity contribution is -0.135. The molecular formula is C9H9NO4S. The molecule has 5 nitrogen and oxygen atoms in total. The lowest BCUT2D eigenvalue weighted by Crippen LogP contribution is -2.26. The minimum atomic E-state index is -0.918. The van der Waals surface area contributed by atoms with E-state index in [-0.39, 0.29) is 6.61 Å². The number of Topliss-reactive ketones (excluding diaryl/α,β-unsaturated/α-hetero) is 1. The number of esters is 1. The van der Waals surface area contributed by atoms with Crippen LogP contribution in [0.4, 0.5) is 0 Å². The molecule has 1 heterocycles. The molecule has 0 atom stereocenters. The summed E-state index contributed by atoms with van der Waals surface area (Å²) >= 11 is 1.16. The maximum Gasteiger partial charge on any atom is 0.364 e. The Morgan fingerprint density at radius 2 is 2.33 bits per heavy atom. The Hall–Kier alpha value is -1.69. The highest BCUT2D eigenvalue weighted by Crippen LogP contribution is 2.10. The van der Waals surface area contributed by atoms with E-state index in [1.807, 2.05) is 0 Å². The van der Waals surface area contributed by atoms with Crippen molar-refractivity contribution in [1.29, 1.82) is 0 Å². The molecule has 0 unspecified atom stereocenters. The molecule has 0 bridgehead atoms. The predicted molar refractivity (Wildman–Crippen MR) is 54.5 cm³/mol. The zero-order chi connectivity index (χ0) is 11.3. The van der Waals surface area contributed by atoms with Crippen LogP contribution in [0.25, 0.3) is 0 Å². The normalized spacial score (nSPS) is 11.1. The van der Waals surface area contributed by atoms with Gasteiger partial charge in [0, 0.05) is 0 Å². The van der Waals surface area contributed by atoms with Gasteiger partial charge in [-0.25, -0.2) is 4.79 Å². The quantitative estimate of drug-likeness (QED) is 0.210. The molecule has 0 radical (unpaired) electrons. The smallest absolute Gasteiger partial charge is 0.364 e. The van der Waals surface area contributed by atoms with Gasteiger partial charge in [0.25, 0.3) is 0 Å². The van der Waals surface area contributed by atoms with Crippen molar-refractivity contribution in [2.75, 3.05) is 6.61 Å². The van der Waals surface area contributed by atoms with Crippen LogP contribution in [0.3, 0.4) is 0 Å². The number of ether oxygens (including phenoxy) is 1. The fourth-order valence-corrected chi connectivity index (χ4v) is 1.57. The number of hydrogen-bond acceptors (Lipinski definition) is 6. The molecule has 1 N–H and O–H groups in total. The molecule has 0 saturated heterocycles. The molecule has 6 heteroatoms. The molecule has 0 fully saturated rings. The first-order valence-corrected chi connectivity index (χ1v) is 5.06. The van der Waals surface area contributed by atoms with Crippen LogP contribution in [-0.4, -0.2) is 29.3 Å². The van der Waals surface area contributed by atoms with Gasteiger partial charge in [-0.15, -0.1) is 11.3 Å².